The summed E-state index contributed by atoms with van der Waals surface area (Å²) < 4.78 is 38.5. The van der Waals surface area contributed by atoms with Gasteiger partial charge in [0, 0.05) is 6.04 Å². The molecule has 0 bridgehead atoms. The second-order valence-electron chi connectivity index (χ2n) is 4.00. The smallest absolute Gasteiger partial charge is 0.300 e. The number of nitrogens with one attached hydrogen (secondary N) is 1. The van der Waals surface area contributed by atoms with Crippen LogP contribution in [-0.4, -0.2) is 12.2 Å². The minimum Gasteiger partial charge on any atom is -0.300 e. The highest BCUT2D eigenvalue weighted by atomic mass is 19.4. The maximum atomic E-state index is 12.8. The van der Waals surface area contributed by atoms with Crippen molar-refractivity contribution >= 4 is 5.69 Å². The Balaban J connectivity index is 3.01. The Hall–Kier alpha value is -1.54. The van der Waals surface area contributed by atoms with Gasteiger partial charge in [0.1, 0.15) is 6.04 Å². The Morgan fingerprint density at radius 1 is 1.18 bits per heavy atom. The first-order valence-corrected chi connectivity index (χ1v) is 5.14. The van der Waals surface area contributed by atoms with Crippen molar-refractivity contribution in [3.63, 3.8) is 0 Å². The van der Waals surface area contributed by atoms with Gasteiger partial charge < -0.3 is 5.32 Å². The van der Waals surface area contributed by atoms with Crippen LogP contribution in [-0.2, 0) is 0 Å². The number of nitrogens with zero attached hydrogens (tertiary/aromatic N) is 1. The fourth-order valence-electron chi connectivity index (χ4n) is 1.45. The van der Waals surface area contributed by atoms with Crippen LogP contribution in [0.15, 0.2) is 24.3 Å². The Bertz CT molecular complexity index is 401. The Morgan fingerprint density at radius 2 is 1.71 bits per heavy atom. The van der Waals surface area contributed by atoms with Gasteiger partial charge in [-0.15, -0.1) is 0 Å². The third-order valence-corrected chi connectivity index (χ3v) is 2.18. The van der Waals surface area contributed by atoms with Crippen LogP contribution in [0.25, 0.3) is 4.85 Å². The normalized spacial score (nSPS) is 13.5. The minimum absolute atomic E-state index is 0.124. The molecule has 92 valence electrons. The highest BCUT2D eigenvalue weighted by molar-refractivity contribution is 5.46. The Labute approximate surface area is 98.3 Å². The van der Waals surface area contributed by atoms with Gasteiger partial charge in [-0.25, -0.2) is 4.85 Å². The molecule has 0 aliphatic rings. The zero-order valence-electron chi connectivity index (χ0n) is 9.55. The first-order valence-electron chi connectivity index (χ1n) is 5.14. The van der Waals surface area contributed by atoms with Gasteiger partial charge in [-0.05, 0) is 5.56 Å². The van der Waals surface area contributed by atoms with Crippen molar-refractivity contribution in [3.05, 3.63) is 41.2 Å². The molecule has 0 saturated heterocycles. The molecule has 1 rings (SSSR count). The Kier molecular flexibility index (Phi) is 4.13. The molecule has 0 saturated carbocycles. The van der Waals surface area contributed by atoms with Crippen molar-refractivity contribution in [1.29, 1.82) is 0 Å². The van der Waals surface area contributed by atoms with Crippen molar-refractivity contribution in [1.82, 2.24) is 5.32 Å². The van der Waals surface area contributed by atoms with Crippen LogP contribution in [0.5, 0.6) is 0 Å². The van der Waals surface area contributed by atoms with E-state index in [1.54, 1.807) is 13.8 Å². The molecule has 1 atom stereocenters. The van der Waals surface area contributed by atoms with Crippen LogP contribution in [0, 0.1) is 6.57 Å². The SMILES string of the molecule is [C-]#[N+]c1ccc(C(NC(C)C)C(F)(F)F)cc1. The molecule has 5 heteroatoms. The van der Waals surface area contributed by atoms with Gasteiger partial charge in [-0.3, -0.25) is 0 Å². The van der Waals surface area contributed by atoms with Gasteiger partial charge in [0.05, 0.1) is 6.57 Å². The monoisotopic (exact) mass is 242 g/mol. The van der Waals surface area contributed by atoms with E-state index < -0.39 is 12.2 Å². The Morgan fingerprint density at radius 3 is 2.06 bits per heavy atom. The van der Waals surface area contributed by atoms with Crippen LogP contribution < -0.4 is 5.32 Å². The number of benzene rings is 1. The van der Waals surface area contributed by atoms with Gasteiger partial charge >= 0.3 is 6.18 Å². The molecule has 0 aliphatic carbocycles. The van der Waals surface area contributed by atoms with Crippen molar-refractivity contribution < 1.29 is 13.2 Å². The summed E-state index contributed by atoms with van der Waals surface area (Å²) in [7, 11) is 0. The van der Waals surface area contributed by atoms with Crippen molar-refractivity contribution in [2.75, 3.05) is 0 Å². The van der Waals surface area contributed by atoms with E-state index in [0.29, 0.717) is 5.69 Å². The van der Waals surface area contributed by atoms with E-state index in [4.69, 9.17) is 6.57 Å². The molecule has 0 heterocycles. The van der Waals surface area contributed by atoms with E-state index in [-0.39, 0.29) is 11.6 Å². The average molecular weight is 242 g/mol. The first kappa shape index (κ1) is 13.5. The summed E-state index contributed by atoms with van der Waals surface area (Å²) in [5.74, 6) is 0. The quantitative estimate of drug-likeness (QED) is 0.796. The topological polar surface area (TPSA) is 16.4 Å². The third kappa shape index (κ3) is 3.75. The lowest BCUT2D eigenvalue weighted by Crippen LogP contribution is -2.38. The number of alkyl halides is 3. The van der Waals surface area contributed by atoms with Crippen LogP contribution in [0.2, 0.25) is 0 Å². The maximum absolute atomic E-state index is 12.8. The number of hydrogen-bond acceptors (Lipinski definition) is 1. The molecule has 17 heavy (non-hydrogen) atoms. The fourth-order valence-corrected chi connectivity index (χ4v) is 1.45. The van der Waals surface area contributed by atoms with Crippen molar-refractivity contribution in [3.8, 4) is 0 Å². The van der Waals surface area contributed by atoms with Gasteiger partial charge in [-0.1, -0.05) is 38.1 Å². The average Bonchev–Trinajstić information content (AvgIpc) is 2.24. The number of rotatable bonds is 3. The van der Waals surface area contributed by atoms with E-state index in [1.165, 1.54) is 24.3 Å². The second kappa shape index (κ2) is 5.19. The number of hydrogen-bond donors (Lipinski definition) is 1. The van der Waals surface area contributed by atoms with Gasteiger partial charge in [-0.2, -0.15) is 13.2 Å². The summed E-state index contributed by atoms with van der Waals surface area (Å²) in [6.07, 6.45) is -4.34. The maximum Gasteiger partial charge on any atom is 0.407 e. The molecule has 1 aromatic carbocycles. The van der Waals surface area contributed by atoms with Gasteiger partial charge in [0.25, 0.3) is 0 Å². The molecule has 0 amide bonds. The van der Waals surface area contributed by atoms with Crippen molar-refractivity contribution in [2.45, 2.75) is 32.1 Å². The molecule has 0 aliphatic heterocycles. The highest BCUT2D eigenvalue weighted by Gasteiger charge is 2.40. The lowest BCUT2D eigenvalue weighted by Gasteiger charge is -2.24. The molecule has 0 spiro atoms. The third-order valence-electron chi connectivity index (χ3n) is 2.18. The summed E-state index contributed by atoms with van der Waals surface area (Å²) >= 11 is 0. The summed E-state index contributed by atoms with van der Waals surface area (Å²) in [4.78, 5) is 3.14. The van der Waals surface area contributed by atoms with E-state index in [0.717, 1.165) is 0 Å². The van der Waals surface area contributed by atoms with E-state index in [9.17, 15) is 13.2 Å². The molecule has 2 nitrogen and oxygen atoms in total. The predicted molar refractivity (Wildman–Crippen MR) is 59.8 cm³/mol. The molecule has 1 unspecified atom stereocenters. The minimum atomic E-state index is -4.34. The van der Waals surface area contributed by atoms with Crippen LogP contribution >= 0.6 is 0 Å². The van der Waals surface area contributed by atoms with E-state index in [1.807, 2.05) is 0 Å². The lowest BCUT2D eigenvalue weighted by atomic mass is 10.1. The molecule has 1 N–H and O–H groups in total. The summed E-state index contributed by atoms with van der Waals surface area (Å²) in [5, 5.41) is 2.47. The second-order valence-corrected chi connectivity index (χ2v) is 4.00. The highest BCUT2D eigenvalue weighted by Crippen LogP contribution is 2.33. The zero-order chi connectivity index (χ0) is 13.1. The van der Waals surface area contributed by atoms with E-state index in [2.05, 4.69) is 10.2 Å². The molecule has 0 radical (unpaired) electrons. The summed E-state index contributed by atoms with van der Waals surface area (Å²) in [6, 6.07) is 3.48. The first-order chi connectivity index (χ1) is 7.84. The van der Waals surface area contributed by atoms with Crippen molar-refractivity contribution in [2.24, 2.45) is 0 Å². The summed E-state index contributed by atoms with van der Waals surface area (Å²) in [5.41, 5.74) is 0.456. The van der Waals surface area contributed by atoms with Gasteiger partial charge in [0.15, 0.2) is 5.69 Å². The lowest BCUT2D eigenvalue weighted by molar-refractivity contribution is -0.159. The molecular formula is C12H13F3N2. The largest absolute Gasteiger partial charge is 0.407 e. The predicted octanol–water partition coefficient (Wildman–Crippen LogP) is 3.84. The van der Waals surface area contributed by atoms with Crippen LogP contribution in [0.4, 0.5) is 18.9 Å². The standard InChI is InChI=1S/C12H13F3N2/c1-8(2)17-11(12(13,14)15)9-4-6-10(16-3)7-5-9/h4-8,11,17H,1-2H3. The number of halogens is 3. The van der Waals surface area contributed by atoms with E-state index >= 15 is 0 Å². The van der Waals surface area contributed by atoms with Gasteiger partial charge in [0.2, 0.25) is 0 Å². The zero-order valence-corrected chi connectivity index (χ0v) is 9.55. The van der Waals surface area contributed by atoms with Crippen LogP contribution in [0.3, 0.4) is 0 Å². The molecular weight excluding hydrogens is 229 g/mol. The van der Waals surface area contributed by atoms with Crippen LogP contribution in [0.1, 0.15) is 25.5 Å². The molecule has 0 fully saturated rings. The molecule has 0 aromatic heterocycles. The fraction of sp³-hybridized carbons (Fsp3) is 0.417. The molecule has 1 aromatic rings. The summed E-state index contributed by atoms with van der Waals surface area (Å²) in [6.45, 7) is 10.1.